The molecule has 1 fully saturated rings. The molecule has 1 amide bonds. The summed E-state index contributed by atoms with van der Waals surface area (Å²) in [5, 5.41) is 3.03. The Balaban J connectivity index is 1.78. The van der Waals surface area contributed by atoms with Gasteiger partial charge in [-0.1, -0.05) is 25.0 Å². The van der Waals surface area contributed by atoms with E-state index in [1.807, 2.05) is 28.7 Å². The average molecular weight is 469 g/mol. The van der Waals surface area contributed by atoms with Gasteiger partial charge >= 0.3 is 12.9 Å². The third-order valence-electron chi connectivity index (χ3n) is 4.73. The fraction of sp³-hybridized carbons (Fsp3) is 0.500. The number of ether oxygens (including phenoxy) is 1. The first-order valence-corrected chi connectivity index (χ1v) is 10.3. The number of carbonyl (C=O) groups excluding carboxylic acids is 3. The molecule has 1 aliphatic heterocycles. The predicted octanol–water partition coefficient (Wildman–Crippen LogP) is 2.72. The Kier molecular flexibility index (Phi) is 6.21. The van der Waals surface area contributed by atoms with E-state index < -0.39 is 5.97 Å². The number of Topliss-reactive ketones (excluding diaryl/α,β-unsaturated/α-hetero) is 1. The molecule has 1 saturated carbocycles. The molecule has 8 heteroatoms. The summed E-state index contributed by atoms with van der Waals surface area (Å²) >= 11 is 1.98. The number of para-hydroxylation sites is 1. The molecule has 1 aromatic rings. The predicted molar refractivity (Wildman–Crippen MR) is 106 cm³/mol. The van der Waals surface area contributed by atoms with Gasteiger partial charge in [-0.25, -0.2) is 4.79 Å². The Bertz CT molecular complexity index is 722. The highest BCUT2D eigenvalue weighted by atomic mass is 127. The molecule has 1 aliphatic carbocycles. The zero-order valence-electron chi connectivity index (χ0n) is 14.6. The quantitative estimate of drug-likeness (QED) is 0.288. The van der Waals surface area contributed by atoms with E-state index in [0.29, 0.717) is 23.6 Å². The number of esters is 1. The van der Waals surface area contributed by atoms with Gasteiger partial charge in [0.05, 0.1) is 5.94 Å². The Morgan fingerprint density at radius 1 is 1.31 bits per heavy atom. The maximum Gasteiger partial charge on any atom is 0.383 e. The minimum absolute atomic E-state index is 0.00236. The van der Waals surface area contributed by atoms with Crippen molar-refractivity contribution in [3.05, 3.63) is 29.3 Å². The van der Waals surface area contributed by atoms with Crippen molar-refractivity contribution in [2.75, 3.05) is 4.61 Å². The maximum atomic E-state index is 12.2. The largest absolute Gasteiger partial charge is 0.557 e. The zero-order chi connectivity index (χ0) is 18.7. The molecule has 0 saturated heterocycles. The topological polar surface area (TPSA) is 81.7 Å². The number of hydrogen-bond acceptors (Lipinski definition) is 5. The van der Waals surface area contributed by atoms with Crippen LogP contribution in [0.5, 0.6) is 5.75 Å². The number of hydrogen-bond donors (Lipinski definition) is 1. The number of alkyl halides is 1. The lowest BCUT2D eigenvalue weighted by atomic mass is 9.52. The van der Waals surface area contributed by atoms with Gasteiger partial charge < -0.3 is 19.5 Å². The van der Waals surface area contributed by atoms with E-state index in [1.54, 1.807) is 12.1 Å². The molecule has 0 unspecified atom stereocenters. The second-order valence-corrected chi connectivity index (χ2v) is 7.46. The van der Waals surface area contributed by atoms with Crippen LogP contribution in [-0.2, 0) is 20.7 Å². The van der Waals surface area contributed by atoms with Crippen LogP contribution in [0.3, 0.4) is 0 Å². The fourth-order valence-corrected chi connectivity index (χ4v) is 3.58. The van der Waals surface area contributed by atoms with Crippen LogP contribution < -0.4 is 9.97 Å². The van der Waals surface area contributed by atoms with Gasteiger partial charge in [0.25, 0.3) is 0 Å². The number of nitrogens with one attached hydrogen (secondary N) is 1. The minimum atomic E-state index is -0.394. The number of benzene rings is 1. The molecule has 1 N–H and O–H groups in total. The van der Waals surface area contributed by atoms with Crippen LogP contribution in [0.25, 0.3) is 0 Å². The highest BCUT2D eigenvalue weighted by Crippen LogP contribution is 2.44. The molecule has 0 spiro atoms. The first-order valence-electron chi connectivity index (χ1n) is 8.80. The molecule has 2 aliphatic rings. The number of rotatable bonds is 7. The number of carbonyl (C=O) groups is 3. The molecule has 6 nitrogen and oxygen atoms in total. The number of halogens is 1. The molecular formula is C18H21BINO5. The Morgan fingerprint density at radius 3 is 2.73 bits per heavy atom. The van der Waals surface area contributed by atoms with Gasteiger partial charge in [0.2, 0.25) is 5.91 Å². The van der Waals surface area contributed by atoms with E-state index >= 15 is 0 Å². The zero-order valence-corrected chi connectivity index (χ0v) is 16.8. The van der Waals surface area contributed by atoms with Crippen molar-refractivity contribution < 1.29 is 23.8 Å². The summed E-state index contributed by atoms with van der Waals surface area (Å²) < 4.78 is 11.6. The van der Waals surface area contributed by atoms with Gasteiger partial charge in [0.1, 0.15) is 21.7 Å². The first kappa shape index (κ1) is 19.2. The maximum absolute atomic E-state index is 12.2. The average Bonchev–Trinajstić information content (AvgIpc) is 3.44. The lowest BCUT2D eigenvalue weighted by Crippen LogP contribution is -2.53. The van der Waals surface area contributed by atoms with E-state index in [0.717, 1.165) is 18.4 Å². The lowest BCUT2D eigenvalue weighted by Gasteiger charge is -2.33. The molecule has 0 aromatic heterocycles. The number of fused-ring (bicyclic) bond motifs is 1. The SMILES string of the molecule is CC(=O)CCC(=O)N[C@H]1Cc2cccc(C(=O)OCI)c2OB1C1CC1. The number of amides is 1. The van der Waals surface area contributed by atoms with Crippen LogP contribution in [0.2, 0.25) is 5.82 Å². The summed E-state index contributed by atoms with van der Waals surface area (Å²) in [6.07, 6.45) is 3.16. The summed E-state index contributed by atoms with van der Waals surface area (Å²) in [7, 11) is 0. The van der Waals surface area contributed by atoms with Gasteiger partial charge in [-0.15, -0.1) is 0 Å². The highest BCUT2D eigenvalue weighted by Gasteiger charge is 2.47. The van der Waals surface area contributed by atoms with Crippen LogP contribution in [0.15, 0.2) is 18.2 Å². The fourth-order valence-electron chi connectivity index (χ4n) is 3.30. The van der Waals surface area contributed by atoms with E-state index in [2.05, 4.69) is 5.32 Å². The number of ketones is 1. The molecule has 26 heavy (non-hydrogen) atoms. The first-order chi connectivity index (χ1) is 12.5. The van der Waals surface area contributed by atoms with Crippen molar-refractivity contribution in [1.82, 2.24) is 5.32 Å². The van der Waals surface area contributed by atoms with Crippen molar-refractivity contribution >= 4 is 47.2 Å². The van der Waals surface area contributed by atoms with Crippen molar-refractivity contribution in [1.29, 1.82) is 0 Å². The summed E-state index contributed by atoms with van der Waals surface area (Å²) in [5.41, 5.74) is 1.33. The molecule has 1 heterocycles. The summed E-state index contributed by atoms with van der Waals surface area (Å²) in [5.74, 6) is 0.286. The highest BCUT2D eigenvalue weighted by molar-refractivity contribution is 14.1. The van der Waals surface area contributed by atoms with E-state index in [1.165, 1.54) is 6.92 Å². The van der Waals surface area contributed by atoms with Crippen LogP contribution in [0.4, 0.5) is 0 Å². The Hall–Kier alpha value is -1.58. The molecule has 1 atom stereocenters. The molecule has 138 valence electrons. The summed E-state index contributed by atoms with van der Waals surface area (Å²) in [6.45, 7) is 1.33. The lowest BCUT2D eigenvalue weighted by molar-refractivity contribution is -0.124. The monoisotopic (exact) mass is 469 g/mol. The minimum Gasteiger partial charge on any atom is -0.557 e. The second kappa shape index (κ2) is 8.41. The summed E-state index contributed by atoms with van der Waals surface area (Å²) in [4.78, 5) is 35.5. The second-order valence-electron chi connectivity index (χ2n) is 6.83. The van der Waals surface area contributed by atoms with Crippen LogP contribution in [0.1, 0.15) is 48.5 Å². The third kappa shape index (κ3) is 4.58. The molecule has 0 bridgehead atoms. The van der Waals surface area contributed by atoms with Crippen LogP contribution in [-0.4, -0.2) is 35.1 Å². The van der Waals surface area contributed by atoms with Gasteiger partial charge in [0, 0.05) is 12.8 Å². The van der Waals surface area contributed by atoms with Crippen molar-refractivity contribution in [2.24, 2.45) is 0 Å². The van der Waals surface area contributed by atoms with Gasteiger partial charge in [-0.05, 0) is 53.4 Å². The summed E-state index contributed by atoms with van der Waals surface area (Å²) in [6, 6.07) is 5.43. The standard InChI is InChI=1S/C18H21BINO5/c1-11(22)5-8-16(23)21-15-9-12-3-2-4-14(18(24)25-10-20)17(12)26-19(15)13-6-7-13/h2-4,13,15H,5-10H2,1H3,(H,21,23)/t15-/m0/s1. The smallest absolute Gasteiger partial charge is 0.383 e. The van der Waals surface area contributed by atoms with E-state index in [4.69, 9.17) is 9.39 Å². The van der Waals surface area contributed by atoms with Crippen molar-refractivity contribution in [3.63, 3.8) is 0 Å². The van der Waals surface area contributed by atoms with Crippen molar-refractivity contribution in [2.45, 2.75) is 50.8 Å². The van der Waals surface area contributed by atoms with Gasteiger partial charge in [-0.3, -0.25) is 4.79 Å². The van der Waals surface area contributed by atoms with E-state index in [-0.39, 0.29) is 42.0 Å². The molecule has 3 rings (SSSR count). The van der Waals surface area contributed by atoms with Crippen molar-refractivity contribution in [3.8, 4) is 5.75 Å². The van der Waals surface area contributed by atoms with Crippen LogP contribution >= 0.6 is 22.6 Å². The molecular weight excluding hydrogens is 448 g/mol. The van der Waals surface area contributed by atoms with E-state index in [9.17, 15) is 14.4 Å². The van der Waals surface area contributed by atoms with Gasteiger partial charge in [-0.2, -0.15) is 0 Å². The Morgan fingerprint density at radius 2 is 2.08 bits per heavy atom. The van der Waals surface area contributed by atoms with Gasteiger partial charge in [0.15, 0.2) is 0 Å². The third-order valence-corrected chi connectivity index (χ3v) is 5.04. The normalized spacial score (nSPS) is 18.5. The Labute approximate surface area is 166 Å². The molecule has 0 radical (unpaired) electrons. The van der Waals surface area contributed by atoms with Crippen LogP contribution in [0, 0.1) is 0 Å². The molecule has 1 aromatic carbocycles.